The molecule has 0 fully saturated rings. The van der Waals surface area contributed by atoms with E-state index in [1.807, 2.05) is 32.2 Å². The average Bonchev–Trinajstić information content (AvgIpc) is 2.41. The highest BCUT2D eigenvalue weighted by atomic mass is 35.5. The summed E-state index contributed by atoms with van der Waals surface area (Å²) in [5, 5.41) is 4.99. The second-order valence-electron chi connectivity index (χ2n) is 5.13. The van der Waals surface area contributed by atoms with Gasteiger partial charge < -0.3 is 5.32 Å². The van der Waals surface area contributed by atoms with Crippen LogP contribution < -0.4 is 5.32 Å². The Bertz CT molecular complexity index is 635. The molecule has 0 aromatic heterocycles. The monoisotopic (exact) mass is 307 g/mol. The van der Waals surface area contributed by atoms with Crippen LogP contribution in [0.4, 0.5) is 0 Å². The highest BCUT2D eigenvalue weighted by Crippen LogP contribution is 2.32. The van der Waals surface area contributed by atoms with Gasteiger partial charge in [0.1, 0.15) is 0 Å². The molecule has 0 radical (unpaired) electrons. The van der Waals surface area contributed by atoms with Gasteiger partial charge in [-0.05, 0) is 67.8 Å². The van der Waals surface area contributed by atoms with Crippen molar-refractivity contribution in [3.8, 4) is 0 Å². The number of halogens is 2. The Balaban J connectivity index is 2.58. The van der Waals surface area contributed by atoms with E-state index in [9.17, 15) is 0 Å². The molecule has 3 heteroatoms. The number of rotatable bonds is 3. The van der Waals surface area contributed by atoms with Crippen LogP contribution in [-0.2, 0) is 0 Å². The Hall–Kier alpha value is -1.02. The third-order valence-electron chi connectivity index (χ3n) is 3.77. The Morgan fingerprint density at radius 3 is 2.25 bits per heavy atom. The van der Waals surface area contributed by atoms with Crippen LogP contribution in [0.3, 0.4) is 0 Å². The molecule has 1 unspecified atom stereocenters. The van der Waals surface area contributed by atoms with Gasteiger partial charge in [0.2, 0.25) is 0 Å². The third kappa shape index (κ3) is 2.85. The molecule has 0 saturated carbocycles. The molecular formula is C17H19Cl2N. The van der Waals surface area contributed by atoms with Crippen molar-refractivity contribution in [2.45, 2.75) is 26.8 Å². The molecule has 2 aromatic rings. The lowest BCUT2D eigenvalue weighted by atomic mass is 9.91. The summed E-state index contributed by atoms with van der Waals surface area (Å²) in [6, 6.07) is 10.3. The Kier molecular flexibility index (Phi) is 4.74. The summed E-state index contributed by atoms with van der Waals surface area (Å²) < 4.78 is 0. The van der Waals surface area contributed by atoms with E-state index in [4.69, 9.17) is 23.2 Å². The topological polar surface area (TPSA) is 12.0 Å². The highest BCUT2D eigenvalue weighted by Gasteiger charge is 2.18. The molecule has 0 heterocycles. The SMILES string of the molecule is CNC(c1cc(C)c(Cl)cc1C)c1cccc(Cl)c1C. The fourth-order valence-corrected chi connectivity index (χ4v) is 2.93. The van der Waals surface area contributed by atoms with E-state index < -0.39 is 0 Å². The van der Waals surface area contributed by atoms with Crippen LogP contribution in [0, 0.1) is 20.8 Å². The van der Waals surface area contributed by atoms with Gasteiger partial charge in [-0.15, -0.1) is 0 Å². The summed E-state index contributed by atoms with van der Waals surface area (Å²) in [4.78, 5) is 0. The van der Waals surface area contributed by atoms with Gasteiger partial charge in [0, 0.05) is 10.0 Å². The van der Waals surface area contributed by atoms with Crippen molar-refractivity contribution in [2.24, 2.45) is 0 Å². The molecule has 20 heavy (non-hydrogen) atoms. The first-order valence-electron chi connectivity index (χ1n) is 6.64. The molecule has 0 aliphatic heterocycles. The maximum absolute atomic E-state index is 6.25. The van der Waals surface area contributed by atoms with Crippen molar-refractivity contribution in [1.29, 1.82) is 0 Å². The quantitative estimate of drug-likeness (QED) is 0.819. The van der Waals surface area contributed by atoms with Gasteiger partial charge in [0.15, 0.2) is 0 Å². The second kappa shape index (κ2) is 6.17. The van der Waals surface area contributed by atoms with Gasteiger partial charge >= 0.3 is 0 Å². The zero-order valence-corrected chi connectivity index (χ0v) is 13.7. The average molecular weight is 308 g/mol. The van der Waals surface area contributed by atoms with Gasteiger partial charge in [-0.3, -0.25) is 0 Å². The molecule has 1 atom stereocenters. The van der Waals surface area contributed by atoms with Gasteiger partial charge in [0.05, 0.1) is 6.04 Å². The predicted molar refractivity (Wildman–Crippen MR) is 88.0 cm³/mol. The Morgan fingerprint density at radius 1 is 0.900 bits per heavy atom. The van der Waals surface area contributed by atoms with Crippen LogP contribution in [0.1, 0.15) is 33.9 Å². The number of benzene rings is 2. The number of aryl methyl sites for hydroxylation is 2. The number of nitrogens with one attached hydrogen (secondary N) is 1. The van der Waals surface area contributed by atoms with Crippen molar-refractivity contribution in [1.82, 2.24) is 5.32 Å². The molecule has 2 rings (SSSR count). The fourth-order valence-electron chi connectivity index (χ4n) is 2.53. The molecule has 0 aliphatic carbocycles. The summed E-state index contributed by atoms with van der Waals surface area (Å²) in [5.41, 5.74) is 5.82. The number of hydrogen-bond donors (Lipinski definition) is 1. The van der Waals surface area contributed by atoms with Gasteiger partial charge in [-0.2, -0.15) is 0 Å². The van der Waals surface area contributed by atoms with Crippen LogP contribution in [0.2, 0.25) is 10.0 Å². The maximum atomic E-state index is 6.25. The van der Waals surface area contributed by atoms with Crippen molar-refractivity contribution in [3.63, 3.8) is 0 Å². The van der Waals surface area contributed by atoms with Crippen molar-refractivity contribution in [3.05, 3.63) is 68.2 Å². The molecule has 0 amide bonds. The van der Waals surface area contributed by atoms with Crippen LogP contribution >= 0.6 is 23.2 Å². The molecular weight excluding hydrogens is 289 g/mol. The molecule has 0 aliphatic rings. The lowest BCUT2D eigenvalue weighted by molar-refractivity contribution is 0.683. The van der Waals surface area contributed by atoms with E-state index in [1.165, 1.54) is 16.7 Å². The third-order valence-corrected chi connectivity index (χ3v) is 4.58. The minimum absolute atomic E-state index is 0.115. The standard InChI is InChI=1S/C17H19Cl2N/c1-10-9-16(19)11(2)8-14(10)17(20-4)13-6-5-7-15(18)12(13)3/h5-9,17,20H,1-4H3. The van der Waals surface area contributed by atoms with Crippen LogP contribution in [-0.4, -0.2) is 7.05 Å². The largest absolute Gasteiger partial charge is 0.309 e. The van der Waals surface area contributed by atoms with E-state index in [2.05, 4.69) is 31.3 Å². The molecule has 1 N–H and O–H groups in total. The Morgan fingerprint density at radius 2 is 1.60 bits per heavy atom. The normalized spacial score (nSPS) is 12.5. The molecule has 1 nitrogen and oxygen atoms in total. The summed E-state index contributed by atoms with van der Waals surface area (Å²) in [6.45, 7) is 6.17. The van der Waals surface area contributed by atoms with Crippen LogP contribution in [0.5, 0.6) is 0 Å². The minimum atomic E-state index is 0.115. The molecule has 0 spiro atoms. The zero-order valence-electron chi connectivity index (χ0n) is 12.2. The lowest BCUT2D eigenvalue weighted by Gasteiger charge is -2.22. The first-order chi connectivity index (χ1) is 9.45. The lowest BCUT2D eigenvalue weighted by Crippen LogP contribution is -2.20. The summed E-state index contributed by atoms with van der Waals surface area (Å²) in [7, 11) is 1.97. The van der Waals surface area contributed by atoms with Gasteiger partial charge in [-0.25, -0.2) is 0 Å². The van der Waals surface area contributed by atoms with Crippen molar-refractivity contribution in [2.75, 3.05) is 7.05 Å². The maximum Gasteiger partial charge on any atom is 0.0580 e. The first kappa shape index (κ1) is 15.4. The molecule has 106 valence electrons. The predicted octanol–water partition coefficient (Wildman–Crippen LogP) is 5.23. The second-order valence-corrected chi connectivity index (χ2v) is 5.95. The molecule has 2 aromatic carbocycles. The van der Waals surface area contributed by atoms with Crippen LogP contribution in [0.25, 0.3) is 0 Å². The highest BCUT2D eigenvalue weighted by molar-refractivity contribution is 6.31. The van der Waals surface area contributed by atoms with Crippen LogP contribution in [0.15, 0.2) is 30.3 Å². The van der Waals surface area contributed by atoms with E-state index in [0.717, 1.165) is 21.2 Å². The van der Waals surface area contributed by atoms with Gasteiger partial charge in [0.25, 0.3) is 0 Å². The number of hydrogen-bond acceptors (Lipinski definition) is 1. The summed E-state index contributed by atoms with van der Waals surface area (Å²) in [6.07, 6.45) is 0. The van der Waals surface area contributed by atoms with Gasteiger partial charge in [-0.1, -0.05) is 41.4 Å². The van der Waals surface area contributed by atoms with Crippen molar-refractivity contribution < 1.29 is 0 Å². The van der Waals surface area contributed by atoms with Crippen molar-refractivity contribution >= 4 is 23.2 Å². The Labute approximate surface area is 130 Å². The first-order valence-corrected chi connectivity index (χ1v) is 7.40. The van der Waals surface area contributed by atoms with E-state index >= 15 is 0 Å². The van der Waals surface area contributed by atoms with E-state index in [-0.39, 0.29) is 6.04 Å². The zero-order chi connectivity index (χ0) is 14.9. The fraction of sp³-hybridized carbons (Fsp3) is 0.294. The molecule has 0 saturated heterocycles. The van der Waals surface area contributed by atoms with E-state index in [0.29, 0.717) is 0 Å². The molecule has 0 bridgehead atoms. The summed E-state index contributed by atoms with van der Waals surface area (Å²) in [5.74, 6) is 0. The summed E-state index contributed by atoms with van der Waals surface area (Å²) >= 11 is 12.4. The minimum Gasteiger partial charge on any atom is -0.309 e. The van der Waals surface area contributed by atoms with E-state index in [1.54, 1.807) is 0 Å². The smallest absolute Gasteiger partial charge is 0.0580 e.